The van der Waals surface area contributed by atoms with Gasteiger partial charge in [-0.15, -0.1) is 6.58 Å². The average Bonchev–Trinajstić information content (AvgIpc) is 3.34. The van der Waals surface area contributed by atoms with Gasteiger partial charge in [0.2, 0.25) is 0 Å². The molecule has 3 aromatic rings. The summed E-state index contributed by atoms with van der Waals surface area (Å²) in [4.78, 5) is 49.2. The highest BCUT2D eigenvalue weighted by Crippen LogP contribution is 2.29. The second-order valence-corrected chi connectivity index (χ2v) is 8.00. The van der Waals surface area contributed by atoms with Gasteiger partial charge in [0.15, 0.2) is 0 Å². The number of aromatic nitrogens is 2. The zero-order chi connectivity index (χ0) is 21.5. The normalized spacial score (nSPS) is 18.5. The van der Waals surface area contributed by atoms with Crippen LogP contribution in [-0.2, 0) is 0 Å². The van der Waals surface area contributed by atoms with E-state index in [1.165, 1.54) is 6.08 Å². The fourth-order valence-corrected chi connectivity index (χ4v) is 4.45. The average molecular weight is 414 g/mol. The predicted molar refractivity (Wildman–Crippen MR) is 116 cm³/mol. The molecule has 2 aliphatic rings. The molecule has 7 heteroatoms. The van der Waals surface area contributed by atoms with Crippen molar-refractivity contribution in [3.63, 3.8) is 0 Å². The summed E-state index contributed by atoms with van der Waals surface area (Å²) in [7, 11) is 0. The number of H-pyrrole nitrogens is 1. The van der Waals surface area contributed by atoms with Crippen molar-refractivity contribution in [3.8, 4) is 0 Å². The Balaban J connectivity index is 1.37. The molecule has 1 atom stereocenters. The maximum atomic E-state index is 13.2. The summed E-state index contributed by atoms with van der Waals surface area (Å²) in [5.74, 6) is 0.167. The van der Waals surface area contributed by atoms with Crippen LogP contribution in [0.2, 0.25) is 0 Å². The number of hydrogen-bond acceptors (Lipinski definition) is 4. The lowest BCUT2D eigenvalue weighted by Gasteiger charge is -2.32. The SMILES string of the molecule is C=CCN1C(=O)c2ccc(C(=O)N3CCC[C@@H](c4nc5ccccc5[nH]4)C3)cc2C1=O. The molecule has 1 aromatic heterocycles. The third kappa shape index (κ3) is 3.22. The highest BCUT2D eigenvalue weighted by Gasteiger charge is 2.36. The third-order valence-electron chi connectivity index (χ3n) is 6.03. The number of para-hydroxylation sites is 2. The van der Waals surface area contributed by atoms with Crippen molar-refractivity contribution in [3.05, 3.63) is 77.6 Å². The summed E-state index contributed by atoms with van der Waals surface area (Å²) in [6.07, 6.45) is 3.35. The second kappa shape index (κ2) is 7.50. The van der Waals surface area contributed by atoms with Crippen LogP contribution >= 0.6 is 0 Å². The number of carbonyl (C=O) groups is 3. The Morgan fingerprint density at radius 1 is 1.16 bits per heavy atom. The molecule has 3 amide bonds. The van der Waals surface area contributed by atoms with Gasteiger partial charge in [-0.2, -0.15) is 0 Å². The van der Waals surface area contributed by atoms with Crippen molar-refractivity contribution in [2.24, 2.45) is 0 Å². The number of imidazole rings is 1. The standard InChI is InChI=1S/C24H22N4O3/c1-2-11-28-23(30)17-10-9-15(13-18(17)24(28)31)22(29)27-12-5-6-16(14-27)21-25-19-7-3-4-8-20(19)26-21/h2-4,7-10,13,16H,1,5-6,11-12,14H2,(H,25,26)/t16-/m1/s1. The lowest BCUT2D eigenvalue weighted by molar-refractivity contribution is 0.0670. The van der Waals surface area contributed by atoms with Gasteiger partial charge < -0.3 is 9.88 Å². The van der Waals surface area contributed by atoms with E-state index in [0.29, 0.717) is 24.2 Å². The Kier molecular flexibility index (Phi) is 4.66. The number of rotatable bonds is 4. The Bertz CT molecular complexity index is 1200. The molecule has 31 heavy (non-hydrogen) atoms. The van der Waals surface area contributed by atoms with E-state index in [4.69, 9.17) is 4.98 Å². The van der Waals surface area contributed by atoms with Gasteiger partial charge in [-0.05, 0) is 43.2 Å². The molecule has 3 heterocycles. The summed E-state index contributed by atoms with van der Waals surface area (Å²) in [5.41, 5.74) is 2.95. The van der Waals surface area contributed by atoms with Gasteiger partial charge >= 0.3 is 0 Å². The van der Waals surface area contributed by atoms with Crippen molar-refractivity contribution in [2.45, 2.75) is 18.8 Å². The van der Waals surface area contributed by atoms with E-state index in [-0.39, 0.29) is 35.7 Å². The van der Waals surface area contributed by atoms with E-state index >= 15 is 0 Å². The van der Waals surface area contributed by atoms with Gasteiger partial charge in [0.25, 0.3) is 17.7 Å². The second-order valence-electron chi connectivity index (χ2n) is 8.00. The van der Waals surface area contributed by atoms with Crippen molar-refractivity contribution >= 4 is 28.8 Å². The van der Waals surface area contributed by atoms with E-state index < -0.39 is 0 Å². The number of piperidine rings is 1. The molecule has 2 aromatic carbocycles. The van der Waals surface area contributed by atoms with Crippen LogP contribution in [0.4, 0.5) is 0 Å². The van der Waals surface area contributed by atoms with E-state index in [1.54, 1.807) is 18.2 Å². The highest BCUT2D eigenvalue weighted by molar-refractivity contribution is 6.22. The molecule has 0 radical (unpaired) electrons. The minimum absolute atomic E-state index is 0.130. The van der Waals surface area contributed by atoms with Crippen LogP contribution in [0.5, 0.6) is 0 Å². The monoisotopic (exact) mass is 414 g/mol. The Morgan fingerprint density at radius 3 is 2.77 bits per heavy atom. The molecule has 2 aliphatic heterocycles. The number of likely N-dealkylation sites (tertiary alicyclic amines) is 1. The summed E-state index contributed by atoms with van der Waals surface area (Å²) < 4.78 is 0. The minimum atomic E-state index is -0.381. The van der Waals surface area contributed by atoms with Crippen LogP contribution in [0.3, 0.4) is 0 Å². The number of fused-ring (bicyclic) bond motifs is 2. The molecule has 1 saturated heterocycles. The van der Waals surface area contributed by atoms with Gasteiger partial charge in [0.1, 0.15) is 5.82 Å². The van der Waals surface area contributed by atoms with Gasteiger partial charge in [0, 0.05) is 31.1 Å². The molecule has 0 bridgehead atoms. The quantitative estimate of drug-likeness (QED) is 0.524. The summed E-state index contributed by atoms with van der Waals surface area (Å²) in [6.45, 7) is 4.96. The molecule has 156 valence electrons. The molecular formula is C24H22N4O3. The lowest BCUT2D eigenvalue weighted by atomic mass is 9.96. The van der Waals surface area contributed by atoms with Crippen molar-refractivity contribution in [2.75, 3.05) is 19.6 Å². The number of nitrogens with zero attached hydrogens (tertiary/aromatic N) is 3. The van der Waals surface area contributed by atoms with Gasteiger partial charge in [-0.3, -0.25) is 19.3 Å². The van der Waals surface area contributed by atoms with Gasteiger partial charge in [0.05, 0.1) is 22.2 Å². The summed E-state index contributed by atoms with van der Waals surface area (Å²) in [6, 6.07) is 12.7. The van der Waals surface area contributed by atoms with Crippen LogP contribution in [0.25, 0.3) is 11.0 Å². The zero-order valence-corrected chi connectivity index (χ0v) is 17.0. The van der Waals surface area contributed by atoms with Crippen molar-refractivity contribution in [1.82, 2.24) is 19.8 Å². The van der Waals surface area contributed by atoms with E-state index in [2.05, 4.69) is 11.6 Å². The lowest BCUT2D eigenvalue weighted by Crippen LogP contribution is -2.39. The van der Waals surface area contributed by atoms with Crippen LogP contribution < -0.4 is 0 Å². The predicted octanol–water partition coefficient (Wildman–Crippen LogP) is 3.36. The first-order valence-corrected chi connectivity index (χ1v) is 10.4. The maximum absolute atomic E-state index is 13.2. The first-order chi connectivity index (χ1) is 15.1. The fraction of sp³-hybridized carbons (Fsp3) is 0.250. The molecule has 0 unspecified atom stereocenters. The number of nitrogens with one attached hydrogen (secondary N) is 1. The van der Waals surface area contributed by atoms with Crippen molar-refractivity contribution in [1.29, 1.82) is 0 Å². The molecule has 5 rings (SSSR count). The van der Waals surface area contributed by atoms with E-state index in [0.717, 1.165) is 34.6 Å². The third-order valence-corrected chi connectivity index (χ3v) is 6.03. The van der Waals surface area contributed by atoms with Gasteiger partial charge in [-0.1, -0.05) is 18.2 Å². The number of benzene rings is 2. The molecule has 1 N–H and O–H groups in total. The molecule has 0 saturated carbocycles. The first-order valence-electron chi connectivity index (χ1n) is 10.4. The Hall–Kier alpha value is -3.74. The van der Waals surface area contributed by atoms with E-state index in [9.17, 15) is 14.4 Å². The Labute approximate surface area is 179 Å². The van der Waals surface area contributed by atoms with Gasteiger partial charge in [-0.25, -0.2) is 4.98 Å². The number of imide groups is 1. The fourth-order valence-electron chi connectivity index (χ4n) is 4.45. The maximum Gasteiger partial charge on any atom is 0.261 e. The molecule has 7 nitrogen and oxygen atoms in total. The molecular weight excluding hydrogens is 392 g/mol. The topological polar surface area (TPSA) is 86.4 Å². The summed E-state index contributed by atoms with van der Waals surface area (Å²) >= 11 is 0. The molecule has 1 fully saturated rings. The number of amides is 3. The van der Waals surface area contributed by atoms with Crippen LogP contribution in [0, 0.1) is 0 Å². The molecule has 0 aliphatic carbocycles. The largest absolute Gasteiger partial charge is 0.342 e. The highest BCUT2D eigenvalue weighted by atomic mass is 16.2. The Morgan fingerprint density at radius 2 is 1.97 bits per heavy atom. The number of hydrogen-bond donors (Lipinski definition) is 1. The van der Waals surface area contributed by atoms with Crippen LogP contribution in [0.1, 0.15) is 55.7 Å². The first kappa shape index (κ1) is 19.2. The number of aromatic amines is 1. The summed E-state index contributed by atoms with van der Waals surface area (Å²) in [5, 5.41) is 0. The molecule has 0 spiro atoms. The van der Waals surface area contributed by atoms with Crippen LogP contribution in [0.15, 0.2) is 55.1 Å². The van der Waals surface area contributed by atoms with Crippen LogP contribution in [-0.4, -0.2) is 57.1 Å². The minimum Gasteiger partial charge on any atom is -0.342 e. The van der Waals surface area contributed by atoms with Crippen molar-refractivity contribution < 1.29 is 14.4 Å². The smallest absolute Gasteiger partial charge is 0.261 e. The zero-order valence-electron chi connectivity index (χ0n) is 17.0. The number of carbonyl (C=O) groups excluding carboxylic acids is 3. The van der Waals surface area contributed by atoms with E-state index in [1.807, 2.05) is 29.2 Å².